The van der Waals surface area contributed by atoms with Crippen molar-refractivity contribution >= 4 is 18.2 Å². The van der Waals surface area contributed by atoms with Crippen LogP contribution in [0.25, 0.3) is 6.08 Å². The van der Waals surface area contributed by atoms with Crippen LogP contribution in [0.1, 0.15) is 60.3 Å². The van der Waals surface area contributed by atoms with Crippen molar-refractivity contribution in [2.45, 2.75) is 43.9 Å². The summed E-state index contributed by atoms with van der Waals surface area (Å²) < 4.78 is 0. The van der Waals surface area contributed by atoms with Gasteiger partial charge in [0, 0.05) is 17.3 Å². The van der Waals surface area contributed by atoms with Crippen molar-refractivity contribution < 1.29 is 4.79 Å². The summed E-state index contributed by atoms with van der Waals surface area (Å²) in [6.07, 6.45) is 13.3. The summed E-state index contributed by atoms with van der Waals surface area (Å²) in [5.74, 6) is 2.34. The van der Waals surface area contributed by atoms with Gasteiger partial charge < -0.3 is 0 Å². The van der Waals surface area contributed by atoms with Gasteiger partial charge in [0.15, 0.2) is 5.69 Å². The molecule has 4 saturated carbocycles. The molecule has 0 spiro atoms. The Morgan fingerprint density at radius 3 is 2.46 bits per heavy atom. The second kappa shape index (κ2) is 7.04. The molecule has 144 valence electrons. The summed E-state index contributed by atoms with van der Waals surface area (Å²) in [5, 5.41) is 11.5. The average Bonchev–Trinajstić information content (AvgIpc) is 3.19. The number of benzene rings is 1. The van der Waals surface area contributed by atoms with Gasteiger partial charge in [0.25, 0.3) is 5.91 Å². The van der Waals surface area contributed by atoms with E-state index in [9.17, 15) is 4.79 Å². The zero-order valence-electron chi connectivity index (χ0n) is 16.0. The van der Waals surface area contributed by atoms with Gasteiger partial charge in [-0.3, -0.25) is 9.89 Å². The Bertz CT molecular complexity index is 876. The Morgan fingerprint density at radius 2 is 1.79 bits per heavy atom. The van der Waals surface area contributed by atoms with Crippen LogP contribution in [-0.2, 0) is 5.41 Å². The van der Waals surface area contributed by atoms with E-state index in [-0.39, 0.29) is 11.3 Å². The molecule has 4 fully saturated rings. The molecule has 1 heterocycles. The summed E-state index contributed by atoms with van der Waals surface area (Å²) in [5.41, 5.74) is 5.47. The van der Waals surface area contributed by atoms with Crippen molar-refractivity contribution in [1.82, 2.24) is 15.6 Å². The second-order valence-corrected chi connectivity index (χ2v) is 8.85. The van der Waals surface area contributed by atoms with Crippen LogP contribution in [0.2, 0.25) is 0 Å². The molecule has 5 heteroatoms. The van der Waals surface area contributed by atoms with Gasteiger partial charge in [-0.1, -0.05) is 36.4 Å². The fourth-order valence-corrected chi connectivity index (χ4v) is 6.06. The summed E-state index contributed by atoms with van der Waals surface area (Å²) in [4.78, 5) is 12.4. The summed E-state index contributed by atoms with van der Waals surface area (Å²) >= 11 is 0. The van der Waals surface area contributed by atoms with Crippen LogP contribution in [0.4, 0.5) is 0 Å². The molecule has 4 aliphatic rings. The van der Waals surface area contributed by atoms with Gasteiger partial charge in [-0.25, -0.2) is 5.43 Å². The van der Waals surface area contributed by atoms with E-state index in [1.54, 1.807) is 12.3 Å². The summed E-state index contributed by atoms with van der Waals surface area (Å²) in [6.45, 7) is 0. The molecular formula is C23H26N4O. The van der Waals surface area contributed by atoms with Gasteiger partial charge in [0.05, 0.1) is 0 Å². The van der Waals surface area contributed by atoms with E-state index in [0.717, 1.165) is 29.0 Å². The third kappa shape index (κ3) is 3.30. The maximum atomic E-state index is 12.4. The molecule has 28 heavy (non-hydrogen) atoms. The van der Waals surface area contributed by atoms with E-state index >= 15 is 0 Å². The number of allylic oxidation sites excluding steroid dienone is 1. The maximum Gasteiger partial charge on any atom is 0.291 e. The summed E-state index contributed by atoms with van der Waals surface area (Å²) in [7, 11) is 0. The molecule has 1 aromatic heterocycles. The number of H-pyrrole nitrogens is 1. The Hall–Kier alpha value is -2.69. The SMILES string of the molecule is O=C(N/N=C/C=C\c1ccccc1)c1cc(C23CC4CC(CC(C4)C2)C3)[nH]n1. The number of nitrogens with zero attached hydrogens (tertiary/aromatic N) is 2. The van der Waals surface area contributed by atoms with E-state index in [1.807, 2.05) is 42.5 Å². The number of carbonyl (C=O) groups excluding carboxylic acids is 1. The molecule has 4 aliphatic carbocycles. The van der Waals surface area contributed by atoms with Gasteiger partial charge in [-0.05, 0) is 74.0 Å². The predicted molar refractivity (Wildman–Crippen MR) is 110 cm³/mol. The Kier molecular flexibility index (Phi) is 4.38. The molecule has 5 nitrogen and oxygen atoms in total. The van der Waals surface area contributed by atoms with E-state index in [0.29, 0.717) is 5.69 Å². The van der Waals surface area contributed by atoms with Gasteiger partial charge >= 0.3 is 0 Å². The van der Waals surface area contributed by atoms with Gasteiger partial charge in [-0.2, -0.15) is 10.2 Å². The second-order valence-electron chi connectivity index (χ2n) is 8.85. The monoisotopic (exact) mass is 374 g/mol. The lowest BCUT2D eigenvalue weighted by atomic mass is 9.49. The minimum absolute atomic E-state index is 0.224. The number of carbonyl (C=O) groups is 1. The lowest BCUT2D eigenvalue weighted by Crippen LogP contribution is -2.48. The highest BCUT2D eigenvalue weighted by molar-refractivity contribution is 5.93. The molecule has 0 saturated heterocycles. The van der Waals surface area contributed by atoms with Crippen molar-refractivity contribution in [3.63, 3.8) is 0 Å². The van der Waals surface area contributed by atoms with E-state index in [1.165, 1.54) is 38.5 Å². The first-order valence-corrected chi connectivity index (χ1v) is 10.3. The lowest BCUT2D eigenvalue weighted by molar-refractivity contribution is -0.00721. The topological polar surface area (TPSA) is 70.1 Å². The Morgan fingerprint density at radius 1 is 1.11 bits per heavy atom. The van der Waals surface area contributed by atoms with Gasteiger partial charge in [0.2, 0.25) is 0 Å². The van der Waals surface area contributed by atoms with Crippen molar-refractivity contribution in [2.24, 2.45) is 22.9 Å². The van der Waals surface area contributed by atoms with Crippen LogP contribution in [-0.4, -0.2) is 22.3 Å². The minimum Gasteiger partial charge on any atom is -0.281 e. The third-order valence-electron chi connectivity index (χ3n) is 6.84. The van der Waals surface area contributed by atoms with Gasteiger partial charge in [0.1, 0.15) is 0 Å². The molecule has 4 bridgehead atoms. The molecular weight excluding hydrogens is 348 g/mol. The van der Waals surface area contributed by atoms with Crippen LogP contribution in [0.3, 0.4) is 0 Å². The first-order chi connectivity index (χ1) is 13.7. The number of amides is 1. The number of nitrogens with one attached hydrogen (secondary N) is 2. The smallest absolute Gasteiger partial charge is 0.281 e. The van der Waals surface area contributed by atoms with Crippen LogP contribution < -0.4 is 5.43 Å². The molecule has 2 N–H and O–H groups in total. The number of hydrazone groups is 1. The normalized spacial score (nSPS) is 31.1. The predicted octanol–water partition coefficient (Wildman–Crippen LogP) is 4.31. The highest BCUT2D eigenvalue weighted by Crippen LogP contribution is 2.60. The first kappa shape index (κ1) is 17.4. The molecule has 0 atom stereocenters. The van der Waals surface area contributed by atoms with E-state index in [4.69, 9.17) is 0 Å². The molecule has 6 rings (SSSR count). The van der Waals surface area contributed by atoms with Crippen molar-refractivity contribution in [2.75, 3.05) is 0 Å². The number of hydrogen-bond acceptors (Lipinski definition) is 3. The fourth-order valence-electron chi connectivity index (χ4n) is 6.06. The zero-order chi connectivity index (χ0) is 19.0. The largest absolute Gasteiger partial charge is 0.291 e. The molecule has 0 unspecified atom stereocenters. The van der Waals surface area contributed by atoms with E-state index < -0.39 is 0 Å². The fraction of sp³-hybridized carbons (Fsp3) is 0.435. The highest BCUT2D eigenvalue weighted by Gasteiger charge is 2.52. The molecule has 1 amide bonds. The maximum absolute atomic E-state index is 12.4. The van der Waals surface area contributed by atoms with Crippen LogP contribution >= 0.6 is 0 Å². The average molecular weight is 374 g/mol. The number of hydrogen-bond donors (Lipinski definition) is 2. The first-order valence-electron chi connectivity index (χ1n) is 10.3. The summed E-state index contributed by atoms with van der Waals surface area (Å²) in [6, 6.07) is 11.9. The highest BCUT2D eigenvalue weighted by atomic mass is 16.2. The lowest BCUT2D eigenvalue weighted by Gasteiger charge is -2.56. The quantitative estimate of drug-likeness (QED) is 0.605. The number of aromatic nitrogens is 2. The molecule has 0 radical (unpaired) electrons. The van der Waals surface area contributed by atoms with Crippen molar-refractivity contribution in [3.8, 4) is 0 Å². The third-order valence-corrected chi connectivity index (χ3v) is 6.84. The van der Waals surface area contributed by atoms with E-state index in [2.05, 4.69) is 20.7 Å². The van der Waals surface area contributed by atoms with Crippen LogP contribution in [0.5, 0.6) is 0 Å². The molecule has 0 aliphatic heterocycles. The van der Waals surface area contributed by atoms with Crippen LogP contribution in [0, 0.1) is 17.8 Å². The molecule has 2 aromatic rings. The standard InChI is InChI=1S/C23H26N4O/c28-22(27-24-8-4-7-16-5-2-1-3-6-16)20-12-21(26-25-20)23-13-17-9-18(14-23)11-19(10-17)15-23/h1-8,12,17-19H,9-11,13-15H2,(H,25,26)(H,27,28)/b7-4-,24-8+. The van der Waals surface area contributed by atoms with Crippen molar-refractivity contribution in [3.05, 3.63) is 59.4 Å². The molecule has 1 aromatic carbocycles. The van der Waals surface area contributed by atoms with Crippen molar-refractivity contribution in [1.29, 1.82) is 0 Å². The van der Waals surface area contributed by atoms with Crippen LogP contribution in [0.15, 0.2) is 47.6 Å². The Balaban J connectivity index is 1.22. The number of aromatic amines is 1. The number of rotatable bonds is 5. The zero-order valence-corrected chi connectivity index (χ0v) is 16.0. The Labute approximate surface area is 165 Å². The van der Waals surface area contributed by atoms with Gasteiger partial charge in [-0.15, -0.1) is 0 Å². The minimum atomic E-state index is -0.267.